The number of rotatable bonds is 11. The fourth-order valence-corrected chi connectivity index (χ4v) is 8.29. The van der Waals surface area contributed by atoms with Gasteiger partial charge in [-0.25, -0.2) is 9.49 Å². The molecule has 0 spiro atoms. The van der Waals surface area contributed by atoms with Crippen LogP contribution in [0.5, 0.6) is 0 Å². The fourth-order valence-electron chi connectivity index (χ4n) is 8.29. The van der Waals surface area contributed by atoms with Gasteiger partial charge in [0.1, 0.15) is 11.9 Å². The van der Waals surface area contributed by atoms with Crippen molar-refractivity contribution in [1.82, 2.24) is 20.8 Å². The number of nitrogens with one attached hydrogen (secondary N) is 3. The molecule has 260 valence electrons. The minimum absolute atomic E-state index is 0.0325. The van der Waals surface area contributed by atoms with Crippen LogP contribution < -0.4 is 16.2 Å². The monoisotopic (exact) mass is 670 g/mol. The summed E-state index contributed by atoms with van der Waals surface area (Å²) < 4.78 is 28.5. The molecule has 2 aromatic carbocycles. The Labute approximate surface area is 288 Å². The van der Waals surface area contributed by atoms with Gasteiger partial charge in [-0.1, -0.05) is 64.1 Å². The number of halogens is 1. The SMILES string of the molecule is Cc1c(Cc2ccc(F)c(C(=O)N[C@@H](Cc3ccccc3)C(=O)N[C@@H](CC(C)C)B3O[C@@H]4C[C@@H]5C[C@@H](C5(C)C)[C@]4(C)O3)c2)n[nH]c(=O)c1C. The summed E-state index contributed by atoms with van der Waals surface area (Å²) in [5, 5.41) is 12.7. The van der Waals surface area contributed by atoms with Gasteiger partial charge in [-0.15, -0.1) is 0 Å². The van der Waals surface area contributed by atoms with E-state index in [1.165, 1.54) is 12.1 Å². The summed E-state index contributed by atoms with van der Waals surface area (Å²) in [6.07, 6.45) is 3.15. The Morgan fingerprint density at radius 1 is 1.04 bits per heavy atom. The third-order valence-corrected chi connectivity index (χ3v) is 11.5. The van der Waals surface area contributed by atoms with Crippen LogP contribution in [0, 0.1) is 42.8 Å². The van der Waals surface area contributed by atoms with E-state index in [0.29, 0.717) is 35.1 Å². The second-order valence-corrected chi connectivity index (χ2v) is 15.5. The van der Waals surface area contributed by atoms with E-state index in [1.54, 1.807) is 13.0 Å². The topological polar surface area (TPSA) is 122 Å². The molecule has 3 aromatic rings. The van der Waals surface area contributed by atoms with E-state index in [0.717, 1.165) is 24.0 Å². The molecule has 2 amide bonds. The van der Waals surface area contributed by atoms with E-state index >= 15 is 4.39 Å². The first-order valence-corrected chi connectivity index (χ1v) is 17.5. The van der Waals surface area contributed by atoms with Gasteiger partial charge in [0.2, 0.25) is 5.91 Å². The quantitative estimate of drug-likeness (QED) is 0.240. The molecule has 2 bridgehead atoms. The highest BCUT2D eigenvalue weighted by Crippen LogP contribution is 2.65. The number of hydrogen-bond donors (Lipinski definition) is 3. The van der Waals surface area contributed by atoms with E-state index in [-0.39, 0.29) is 47.3 Å². The van der Waals surface area contributed by atoms with E-state index in [9.17, 15) is 14.4 Å². The first kappa shape index (κ1) is 35.0. The zero-order valence-electron chi connectivity index (χ0n) is 29.6. The van der Waals surface area contributed by atoms with Crippen LogP contribution >= 0.6 is 0 Å². The van der Waals surface area contributed by atoms with Crippen molar-refractivity contribution in [2.45, 2.75) is 104 Å². The lowest BCUT2D eigenvalue weighted by Gasteiger charge is -2.64. The summed E-state index contributed by atoms with van der Waals surface area (Å²) in [5.41, 5.74) is 2.72. The largest absolute Gasteiger partial charge is 0.481 e. The highest BCUT2D eigenvalue weighted by molar-refractivity contribution is 6.48. The molecule has 9 nitrogen and oxygen atoms in total. The van der Waals surface area contributed by atoms with Crippen molar-refractivity contribution in [3.8, 4) is 0 Å². The summed E-state index contributed by atoms with van der Waals surface area (Å²) in [6.45, 7) is 14.5. The number of carbonyl (C=O) groups excluding carboxylic acids is 2. The second-order valence-electron chi connectivity index (χ2n) is 15.5. The van der Waals surface area contributed by atoms with Gasteiger partial charge in [0.05, 0.1) is 28.9 Å². The molecule has 1 aliphatic heterocycles. The maximum atomic E-state index is 15.2. The average Bonchev–Trinajstić information content (AvgIpc) is 3.42. The van der Waals surface area contributed by atoms with Gasteiger partial charge in [-0.3, -0.25) is 14.4 Å². The minimum Gasteiger partial charge on any atom is -0.404 e. The Morgan fingerprint density at radius 2 is 1.78 bits per heavy atom. The molecule has 1 saturated heterocycles. The Morgan fingerprint density at radius 3 is 2.47 bits per heavy atom. The summed E-state index contributed by atoms with van der Waals surface area (Å²) in [4.78, 5) is 39.8. The number of benzene rings is 2. The Hall–Kier alpha value is -3.83. The van der Waals surface area contributed by atoms with Crippen molar-refractivity contribution in [2.75, 3.05) is 0 Å². The van der Waals surface area contributed by atoms with E-state index in [2.05, 4.69) is 55.4 Å². The molecular weight excluding hydrogens is 622 g/mol. The van der Waals surface area contributed by atoms with Crippen LogP contribution in [-0.2, 0) is 26.9 Å². The maximum Gasteiger partial charge on any atom is 0.481 e. The first-order valence-electron chi connectivity index (χ1n) is 17.5. The van der Waals surface area contributed by atoms with Crippen LogP contribution in [0.1, 0.15) is 92.2 Å². The van der Waals surface area contributed by atoms with Gasteiger partial charge in [0.25, 0.3) is 11.5 Å². The number of H-pyrrole nitrogens is 1. The van der Waals surface area contributed by atoms with Crippen molar-refractivity contribution < 1.29 is 23.3 Å². The third-order valence-electron chi connectivity index (χ3n) is 11.5. The van der Waals surface area contributed by atoms with Gasteiger partial charge in [0.15, 0.2) is 0 Å². The van der Waals surface area contributed by atoms with Crippen LogP contribution in [0.15, 0.2) is 53.3 Å². The van der Waals surface area contributed by atoms with Crippen molar-refractivity contribution in [1.29, 1.82) is 0 Å². The van der Waals surface area contributed by atoms with Gasteiger partial charge >= 0.3 is 7.12 Å². The lowest BCUT2D eigenvalue weighted by Crippen LogP contribution is -2.65. The summed E-state index contributed by atoms with van der Waals surface area (Å²) in [6, 6.07) is 12.7. The molecule has 49 heavy (non-hydrogen) atoms. The molecule has 3 N–H and O–H groups in total. The molecule has 7 rings (SSSR count). The molecule has 4 fully saturated rings. The molecule has 0 radical (unpaired) electrons. The van der Waals surface area contributed by atoms with Crippen LogP contribution in [0.25, 0.3) is 0 Å². The second kappa shape index (κ2) is 13.5. The molecule has 3 saturated carbocycles. The number of nitrogens with zero attached hydrogens (tertiary/aromatic N) is 1. The molecular formula is C38H48BFN4O5. The highest BCUT2D eigenvalue weighted by atomic mass is 19.1. The average molecular weight is 671 g/mol. The lowest BCUT2D eigenvalue weighted by atomic mass is 9.43. The molecule has 2 heterocycles. The molecule has 4 aliphatic rings. The maximum absolute atomic E-state index is 15.2. The zero-order valence-corrected chi connectivity index (χ0v) is 29.6. The molecule has 0 unspecified atom stereocenters. The number of aromatic amines is 1. The predicted molar refractivity (Wildman–Crippen MR) is 186 cm³/mol. The number of aromatic nitrogens is 2. The standard InChI is InChI=1S/C38H48BFN4O5/c1-21(2)15-33(39-48-32-20-26-19-31(37(26,5)6)38(32,7)49-39)42-36(47)30(17-24-11-9-8-10-12-24)41-35(46)27-16-25(13-14-28(27)40)18-29-22(3)23(4)34(45)44-43-29/h8-14,16,21,26,30-33H,15,17-20H2,1-7H3,(H,41,46)(H,42,47)(H,44,45)/t26-,30-,31-,32+,33-,38-/m0/s1. The highest BCUT2D eigenvalue weighted by Gasteiger charge is 2.68. The molecule has 11 heteroatoms. The summed E-state index contributed by atoms with van der Waals surface area (Å²) >= 11 is 0. The smallest absolute Gasteiger partial charge is 0.404 e. The van der Waals surface area contributed by atoms with Crippen LogP contribution in [0.4, 0.5) is 4.39 Å². The van der Waals surface area contributed by atoms with Gasteiger partial charge < -0.3 is 19.9 Å². The van der Waals surface area contributed by atoms with Crippen LogP contribution in [-0.4, -0.2) is 52.8 Å². The van der Waals surface area contributed by atoms with Gasteiger partial charge in [-0.2, -0.15) is 5.10 Å². The van der Waals surface area contributed by atoms with Crippen molar-refractivity contribution in [3.05, 3.63) is 98.2 Å². The van der Waals surface area contributed by atoms with E-state index in [4.69, 9.17) is 9.31 Å². The molecule has 3 aliphatic carbocycles. The first-order chi connectivity index (χ1) is 23.2. The molecule has 6 atom stereocenters. The lowest BCUT2D eigenvalue weighted by molar-refractivity contribution is -0.199. The Kier molecular flexibility index (Phi) is 9.63. The molecule has 1 aromatic heterocycles. The van der Waals surface area contributed by atoms with Gasteiger partial charge in [-0.05, 0) is 92.0 Å². The summed E-state index contributed by atoms with van der Waals surface area (Å²) in [5.74, 6) is -1.02. The fraction of sp³-hybridized carbons (Fsp3) is 0.526. The predicted octanol–water partition coefficient (Wildman–Crippen LogP) is 5.26. The Bertz CT molecular complexity index is 1780. The van der Waals surface area contributed by atoms with Crippen molar-refractivity contribution in [2.24, 2.45) is 23.2 Å². The van der Waals surface area contributed by atoms with Crippen LogP contribution in [0.2, 0.25) is 0 Å². The van der Waals surface area contributed by atoms with E-state index < -0.39 is 36.4 Å². The van der Waals surface area contributed by atoms with Crippen molar-refractivity contribution in [3.63, 3.8) is 0 Å². The van der Waals surface area contributed by atoms with Crippen molar-refractivity contribution >= 4 is 18.9 Å². The zero-order chi connectivity index (χ0) is 35.2. The summed E-state index contributed by atoms with van der Waals surface area (Å²) in [7, 11) is -0.618. The Balaban J connectivity index is 1.22. The number of amides is 2. The minimum atomic E-state index is -0.996. The number of hydrogen-bond acceptors (Lipinski definition) is 6. The normalized spacial score (nSPS) is 24.9. The third kappa shape index (κ3) is 6.84. The van der Waals surface area contributed by atoms with E-state index in [1.807, 2.05) is 37.3 Å². The van der Waals surface area contributed by atoms with Gasteiger partial charge in [0, 0.05) is 18.4 Å². The van der Waals surface area contributed by atoms with Crippen LogP contribution in [0.3, 0.4) is 0 Å². The number of carbonyl (C=O) groups is 2.